The van der Waals surface area contributed by atoms with Crippen LogP contribution in [0.1, 0.15) is 34.3 Å². The first-order valence-corrected chi connectivity index (χ1v) is 6.98. The number of nitrogens with zero attached hydrogens (tertiary/aromatic N) is 3. The van der Waals surface area contributed by atoms with E-state index in [-0.39, 0.29) is 0 Å². The van der Waals surface area contributed by atoms with Crippen LogP contribution in [-0.2, 0) is 6.42 Å². The van der Waals surface area contributed by atoms with Crippen molar-refractivity contribution in [1.82, 2.24) is 9.97 Å². The highest BCUT2D eigenvalue weighted by molar-refractivity contribution is 7.15. The van der Waals surface area contributed by atoms with Gasteiger partial charge in [0.25, 0.3) is 0 Å². The lowest BCUT2D eigenvalue weighted by molar-refractivity contribution is 1.04. The molecule has 0 radical (unpaired) electrons. The molecule has 2 rings (SSSR count). The Hall–Kier alpha value is -1.93. The highest BCUT2D eigenvalue weighted by Crippen LogP contribution is 2.27. The maximum atomic E-state index is 9.23. The molecule has 0 unspecified atom stereocenters. The summed E-state index contributed by atoms with van der Waals surface area (Å²) in [7, 11) is 0. The minimum Gasteiger partial charge on any atom is -0.315 e. The summed E-state index contributed by atoms with van der Waals surface area (Å²) >= 11 is 1.59. The standard InChI is InChI=1S/C14H16N4S/c1-5-12-10(4)19-14(17-12)18-13-11(7-15)8(2)6-9(3)16-13/h6H,5H2,1-4H3,(H,16,17,18). The topological polar surface area (TPSA) is 61.6 Å². The lowest BCUT2D eigenvalue weighted by Crippen LogP contribution is -2.00. The molecule has 0 aliphatic rings. The molecule has 2 heterocycles. The molecule has 0 amide bonds. The quantitative estimate of drug-likeness (QED) is 0.926. The van der Waals surface area contributed by atoms with E-state index in [1.165, 1.54) is 4.88 Å². The van der Waals surface area contributed by atoms with E-state index in [0.29, 0.717) is 11.4 Å². The minimum absolute atomic E-state index is 0.580. The largest absolute Gasteiger partial charge is 0.315 e. The van der Waals surface area contributed by atoms with E-state index in [1.54, 1.807) is 11.3 Å². The van der Waals surface area contributed by atoms with Crippen LogP contribution in [0, 0.1) is 32.1 Å². The number of anilines is 2. The zero-order chi connectivity index (χ0) is 14.0. The fourth-order valence-electron chi connectivity index (χ4n) is 1.98. The van der Waals surface area contributed by atoms with Gasteiger partial charge in [-0.15, -0.1) is 11.3 Å². The lowest BCUT2D eigenvalue weighted by Gasteiger charge is -2.07. The van der Waals surface area contributed by atoms with Crippen molar-refractivity contribution in [2.75, 3.05) is 5.32 Å². The fourth-order valence-corrected chi connectivity index (χ4v) is 2.88. The van der Waals surface area contributed by atoms with E-state index in [0.717, 1.165) is 28.5 Å². The van der Waals surface area contributed by atoms with Crippen LogP contribution in [0.2, 0.25) is 0 Å². The number of pyridine rings is 1. The number of hydrogen-bond acceptors (Lipinski definition) is 5. The van der Waals surface area contributed by atoms with E-state index in [2.05, 4.69) is 35.2 Å². The van der Waals surface area contributed by atoms with Gasteiger partial charge in [-0.25, -0.2) is 9.97 Å². The van der Waals surface area contributed by atoms with Gasteiger partial charge >= 0.3 is 0 Å². The van der Waals surface area contributed by atoms with Crippen LogP contribution in [0.25, 0.3) is 0 Å². The Kier molecular flexibility index (Phi) is 3.82. The number of aromatic nitrogens is 2. The molecule has 0 fully saturated rings. The van der Waals surface area contributed by atoms with Gasteiger partial charge in [-0.1, -0.05) is 6.92 Å². The van der Waals surface area contributed by atoms with Crippen molar-refractivity contribution in [2.45, 2.75) is 34.1 Å². The highest BCUT2D eigenvalue weighted by atomic mass is 32.1. The molecule has 0 aliphatic heterocycles. The van der Waals surface area contributed by atoms with Crippen LogP contribution in [0.15, 0.2) is 6.07 Å². The van der Waals surface area contributed by atoms with Crippen molar-refractivity contribution in [3.8, 4) is 6.07 Å². The smallest absolute Gasteiger partial charge is 0.188 e. The number of nitriles is 1. The summed E-state index contributed by atoms with van der Waals surface area (Å²) in [6.45, 7) is 7.98. The molecule has 2 aromatic heterocycles. The van der Waals surface area contributed by atoms with Crippen LogP contribution < -0.4 is 5.32 Å². The van der Waals surface area contributed by atoms with Crippen LogP contribution in [-0.4, -0.2) is 9.97 Å². The number of thiazole rings is 1. The molecular weight excluding hydrogens is 256 g/mol. The molecule has 0 saturated heterocycles. The first kappa shape index (κ1) is 13.5. The highest BCUT2D eigenvalue weighted by Gasteiger charge is 2.12. The molecular formula is C14H16N4S. The van der Waals surface area contributed by atoms with Crippen molar-refractivity contribution in [1.29, 1.82) is 5.26 Å². The van der Waals surface area contributed by atoms with Gasteiger partial charge in [0.15, 0.2) is 10.9 Å². The molecule has 5 heteroatoms. The van der Waals surface area contributed by atoms with Crippen molar-refractivity contribution in [3.05, 3.63) is 33.5 Å². The Morgan fingerprint density at radius 2 is 2.05 bits per heavy atom. The molecule has 0 bridgehead atoms. The van der Waals surface area contributed by atoms with E-state index >= 15 is 0 Å². The van der Waals surface area contributed by atoms with Gasteiger partial charge < -0.3 is 5.32 Å². The summed E-state index contributed by atoms with van der Waals surface area (Å²) in [5.74, 6) is 0.594. The fraction of sp³-hybridized carbons (Fsp3) is 0.357. The third-order valence-corrected chi connectivity index (χ3v) is 3.84. The molecule has 0 aromatic carbocycles. The lowest BCUT2D eigenvalue weighted by atomic mass is 10.1. The minimum atomic E-state index is 0.580. The molecule has 0 spiro atoms. The van der Waals surface area contributed by atoms with E-state index < -0.39 is 0 Å². The average molecular weight is 272 g/mol. The van der Waals surface area contributed by atoms with Gasteiger partial charge in [-0.3, -0.25) is 0 Å². The molecule has 1 N–H and O–H groups in total. The first-order chi connectivity index (χ1) is 9.05. The Morgan fingerprint density at radius 3 is 2.63 bits per heavy atom. The average Bonchev–Trinajstić information content (AvgIpc) is 2.69. The van der Waals surface area contributed by atoms with Crippen molar-refractivity contribution >= 4 is 22.3 Å². The maximum absolute atomic E-state index is 9.23. The second-order valence-electron chi connectivity index (χ2n) is 4.42. The van der Waals surface area contributed by atoms with Gasteiger partial charge in [0.2, 0.25) is 0 Å². The Balaban J connectivity index is 2.40. The van der Waals surface area contributed by atoms with Gasteiger partial charge in [0, 0.05) is 10.6 Å². The second-order valence-corrected chi connectivity index (χ2v) is 5.62. The molecule has 4 nitrogen and oxygen atoms in total. The second kappa shape index (κ2) is 5.37. The Labute approximate surface area is 117 Å². The van der Waals surface area contributed by atoms with Crippen LogP contribution in [0.4, 0.5) is 10.9 Å². The summed E-state index contributed by atoms with van der Waals surface area (Å²) in [6.07, 6.45) is 0.912. The normalized spacial score (nSPS) is 10.3. The summed E-state index contributed by atoms with van der Waals surface area (Å²) in [4.78, 5) is 10.1. The van der Waals surface area contributed by atoms with Gasteiger partial charge in [0.1, 0.15) is 6.07 Å². The number of rotatable bonds is 3. The van der Waals surface area contributed by atoms with Crippen molar-refractivity contribution < 1.29 is 0 Å². The predicted octanol–water partition coefficient (Wildman–Crippen LogP) is 3.64. The van der Waals surface area contributed by atoms with Crippen LogP contribution in [0.3, 0.4) is 0 Å². The summed E-state index contributed by atoms with van der Waals surface area (Å²) in [6, 6.07) is 4.11. The van der Waals surface area contributed by atoms with Crippen LogP contribution >= 0.6 is 11.3 Å². The van der Waals surface area contributed by atoms with Gasteiger partial charge in [-0.05, 0) is 38.8 Å². The van der Waals surface area contributed by atoms with E-state index in [4.69, 9.17) is 0 Å². The third kappa shape index (κ3) is 2.74. The van der Waals surface area contributed by atoms with Gasteiger partial charge in [0.05, 0.1) is 11.3 Å². The maximum Gasteiger partial charge on any atom is 0.188 e. The predicted molar refractivity (Wildman–Crippen MR) is 77.9 cm³/mol. The van der Waals surface area contributed by atoms with E-state index in [1.807, 2.05) is 19.9 Å². The number of nitrogens with one attached hydrogen (secondary N) is 1. The van der Waals surface area contributed by atoms with Crippen molar-refractivity contribution in [3.63, 3.8) is 0 Å². The Morgan fingerprint density at radius 1 is 1.32 bits per heavy atom. The molecule has 2 aromatic rings. The zero-order valence-electron chi connectivity index (χ0n) is 11.5. The number of aryl methyl sites for hydroxylation is 4. The van der Waals surface area contributed by atoms with Gasteiger partial charge in [-0.2, -0.15) is 5.26 Å². The third-order valence-electron chi connectivity index (χ3n) is 2.91. The van der Waals surface area contributed by atoms with Crippen molar-refractivity contribution in [2.24, 2.45) is 0 Å². The summed E-state index contributed by atoms with van der Waals surface area (Å²) in [5, 5.41) is 13.2. The zero-order valence-corrected chi connectivity index (χ0v) is 12.4. The number of hydrogen-bond donors (Lipinski definition) is 1. The molecule has 0 atom stereocenters. The molecule has 19 heavy (non-hydrogen) atoms. The Bertz CT molecular complexity index is 652. The van der Waals surface area contributed by atoms with Crippen LogP contribution in [0.5, 0.6) is 0 Å². The summed E-state index contributed by atoms with van der Waals surface area (Å²) < 4.78 is 0. The summed E-state index contributed by atoms with van der Waals surface area (Å²) in [5.41, 5.74) is 3.50. The molecule has 0 aliphatic carbocycles. The first-order valence-electron chi connectivity index (χ1n) is 6.16. The monoisotopic (exact) mass is 272 g/mol. The molecule has 0 saturated carbocycles. The van der Waals surface area contributed by atoms with E-state index in [9.17, 15) is 5.26 Å². The SMILES string of the molecule is CCc1nc(Nc2nc(C)cc(C)c2C#N)sc1C. The molecule has 98 valence electrons.